The molecule has 0 aliphatic rings. The number of amides is 1. The van der Waals surface area contributed by atoms with Crippen LogP contribution in [0.15, 0.2) is 53.4 Å². The van der Waals surface area contributed by atoms with Crippen LogP contribution in [-0.4, -0.2) is 52.0 Å². The molecule has 2 aromatic carbocycles. The van der Waals surface area contributed by atoms with Crippen molar-refractivity contribution in [2.75, 3.05) is 27.2 Å². The van der Waals surface area contributed by atoms with E-state index in [2.05, 4.69) is 5.32 Å². The zero-order valence-electron chi connectivity index (χ0n) is 15.9. The van der Waals surface area contributed by atoms with Crippen LogP contribution >= 0.6 is 11.6 Å². The van der Waals surface area contributed by atoms with Gasteiger partial charge in [-0.1, -0.05) is 11.6 Å². The van der Waals surface area contributed by atoms with E-state index < -0.39 is 16.1 Å². The first kappa shape index (κ1) is 22.0. The average molecular weight is 427 g/mol. The lowest BCUT2D eigenvalue weighted by atomic mass is 10.3. The van der Waals surface area contributed by atoms with Crippen LogP contribution in [0.25, 0.3) is 0 Å². The third-order valence-corrected chi connectivity index (χ3v) is 5.85. The molecule has 0 saturated carbocycles. The van der Waals surface area contributed by atoms with Gasteiger partial charge in [0.05, 0.1) is 11.4 Å². The summed E-state index contributed by atoms with van der Waals surface area (Å²) in [6.07, 6.45) is -0.670. The highest BCUT2D eigenvalue weighted by molar-refractivity contribution is 7.89. The normalized spacial score (nSPS) is 12.5. The SMILES string of the molecule is CC(Oc1ccc(Cl)cc1)C(=O)NCCOc1ccc(S(=O)(=O)N(C)C)cc1. The second-order valence-corrected chi connectivity index (χ2v) is 8.70. The first-order valence-electron chi connectivity index (χ1n) is 8.55. The summed E-state index contributed by atoms with van der Waals surface area (Å²) in [7, 11) is -0.524. The maximum Gasteiger partial charge on any atom is 0.260 e. The average Bonchev–Trinajstić information content (AvgIpc) is 2.67. The number of hydrogen-bond donors (Lipinski definition) is 1. The Balaban J connectivity index is 1.76. The van der Waals surface area contributed by atoms with Crippen molar-refractivity contribution >= 4 is 27.5 Å². The number of hydrogen-bond acceptors (Lipinski definition) is 5. The minimum absolute atomic E-state index is 0.186. The fourth-order valence-corrected chi connectivity index (χ4v) is 3.20. The molecular formula is C19H23ClN2O5S. The molecular weight excluding hydrogens is 404 g/mol. The third-order valence-electron chi connectivity index (χ3n) is 3.77. The molecule has 28 heavy (non-hydrogen) atoms. The third kappa shape index (κ3) is 6.12. The summed E-state index contributed by atoms with van der Waals surface area (Å²) >= 11 is 5.81. The Labute approximate surface area is 170 Å². The van der Waals surface area contributed by atoms with Gasteiger partial charge in [-0.25, -0.2) is 12.7 Å². The second kappa shape index (κ2) is 9.77. The zero-order chi connectivity index (χ0) is 20.7. The Kier molecular flexibility index (Phi) is 7.68. The molecule has 2 aromatic rings. The Hall–Kier alpha value is -2.29. The van der Waals surface area contributed by atoms with E-state index in [1.807, 2.05) is 0 Å². The van der Waals surface area contributed by atoms with E-state index in [1.54, 1.807) is 43.3 Å². The first-order chi connectivity index (χ1) is 13.2. The number of sulfonamides is 1. The van der Waals surface area contributed by atoms with Gasteiger partial charge in [0, 0.05) is 19.1 Å². The summed E-state index contributed by atoms with van der Waals surface area (Å²) < 4.78 is 36.2. The highest BCUT2D eigenvalue weighted by atomic mass is 35.5. The van der Waals surface area contributed by atoms with Crippen molar-refractivity contribution < 1.29 is 22.7 Å². The number of benzene rings is 2. The molecule has 152 valence electrons. The van der Waals surface area contributed by atoms with Crippen molar-refractivity contribution in [1.82, 2.24) is 9.62 Å². The van der Waals surface area contributed by atoms with E-state index in [1.165, 1.54) is 26.2 Å². The molecule has 1 amide bonds. The number of carbonyl (C=O) groups is 1. The second-order valence-electron chi connectivity index (χ2n) is 6.11. The van der Waals surface area contributed by atoms with Crippen LogP contribution in [0.4, 0.5) is 0 Å². The van der Waals surface area contributed by atoms with E-state index in [-0.39, 0.29) is 24.0 Å². The van der Waals surface area contributed by atoms with Crippen LogP contribution in [0.5, 0.6) is 11.5 Å². The van der Waals surface area contributed by atoms with E-state index in [9.17, 15) is 13.2 Å². The van der Waals surface area contributed by atoms with Crippen LogP contribution in [0.3, 0.4) is 0 Å². The Bertz CT molecular complexity index is 884. The maximum absolute atomic E-state index is 12.1. The van der Waals surface area contributed by atoms with Gasteiger partial charge >= 0.3 is 0 Å². The van der Waals surface area contributed by atoms with Crippen LogP contribution in [0, 0.1) is 0 Å². The molecule has 0 heterocycles. The number of halogens is 1. The molecule has 1 N–H and O–H groups in total. The lowest BCUT2D eigenvalue weighted by molar-refractivity contribution is -0.127. The lowest BCUT2D eigenvalue weighted by Crippen LogP contribution is -2.38. The Morgan fingerprint density at radius 3 is 2.21 bits per heavy atom. The van der Waals surface area contributed by atoms with Gasteiger partial charge in [0.25, 0.3) is 5.91 Å². The van der Waals surface area contributed by atoms with E-state index in [4.69, 9.17) is 21.1 Å². The molecule has 9 heteroatoms. The zero-order valence-corrected chi connectivity index (χ0v) is 17.5. The van der Waals surface area contributed by atoms with Gasteiger partial charge in [0.1, 0.15) is 18.1 Å². The van der Waals surface area contributed by atoms with Crippen molar-refractivity contribution in [1.29, 1.82) is 0 Å². The van der Waals surface area contributed by atoms with Gasteiger partial charge in [0.15, 0.2) is 6.10 Å². The van der Waals surface area contributed by atoms with Gasteiger partial charge in [0.2, 0.25) is 10.0 Å². The van der Waals surface area contributed by atoms with Crippen molar-refractivity contribution in [3.05, 3.63) is 53.6 Å². The molecule has 0 spiro atoms. The number of nitrogens with one attached hydrogen (secondary N) is 1. The van der Waals surface area contributed by atoms with Crippen molar-refractivity contribution in [2.45, 2.75) is 17.9 Å². The van der Waals surface area contributed by atoms with Gasteiger partial charge in [-0.3, -0.25) is 4.79 Å². The summed E-state index contributed by atoms with van der Waals surface area (Å²) in [5.74, 6) is 0.791. The molecule has 0 aromatic heterocycles. The largest absolute Gasteiger partial charge is 0.492 e. The molecule has 0 saturated heterocycles. The van der Waals surface area contributed by atoms with E-state index >= 15 is 0 Å². The smallest absolute Gasteiger partial charge is 0.260 e. The molecule has 2 rings (SSSR count). The van der Waals surface area contributed by atoms with Crippen molar-refractivity contribution in [3.8, 4) is 11.5 Å². The van der Waals surface area contributed by atoms with Gasteiger partial charge in [-0.15, -0.1) is 0 Å². The van der Waals surface area contributed by atoms with Crippen molar-refractivity contribution in [3.63, 3.8) is 0 Å². The minimum atomic E-state index is -3.47. The van der Waals surface area contributed by atoms with Crippen LogP contribution in [0.2, 0.25) is 5.02 Å². The standard InChI is InChI=1S/C19H23ClN2O5S/c1-14(27-17-6-4-15(20)5-7-17)19(23)21-12-13-26-16-8-10-18(11-9-16)28(24,25)22(2)3/h4-11,14H,12-13H2,1-3H3,(H,21,23). The number of rotatable bonds is 9. The predicted octanol–water partition coefficient (Wildman–Crippen LogP) is 2.55. The highest BCUT2D eigenvalue weighted by Crippen LogP contribution is 2.18. The van der Waals surface area contributed by atoms with E-state index in [0.29, 0.717) is 16.5 Å². The monoisotopic (exact) mass is 426 g/mol. The van der Waals surface area contributed by atoms with Crippen LogP contribution < -0.4 is 14.8 Å². The molecule has 0 radical (unpaired) electrons. The first-order valence-corrected chi connectivity index (χ1v) is 10.4. The van der Waals surface area contributed by atoms with Crippen molar-refractivity contribution in [2.24, 2.45) is 0 Å². The summed E-state index contributed by atoms with van der Waals surface area (Å²) in [4.78, 5) is 12.2. The molecule has 0 aliphatic carbocycles. The predicted molar refractivity (Wildman–Crippen MR) is 107 cm³/mol. The fourth-order valence-electron chi connectivity index (χ4n) is 2.18. The number of nitrogens with zero attached hydrogens (tertiary/aromatic N) is 1. The number of ether oxygens (including phenoxy) is 2. The molecule has 0 bridgehead atoms. The van der Waals surface area contributed by atoms with Crippen LogP contribution in [0.1, 0.15) is 6.92 Å². The van der Waals surface area contributed by atoms with Gasteiger partial charge in [-0.05, 0) is 55.5 Å². The Morgan fingerprint density at radius 1 is 1.07 bits per heavy atom. The summed E-state index contributed by atoms with van der Waals surface area (Å²) in [6.45, 7) is 2.17. The molecule has 0 fully saturated rings. The quantitative estimate of drug-likeness (QED) is 0.623. The summed E-state index contributed by atoms with van der Waals surface area (Å²) in [5.41, 5.74) is 0. The minimum Gasteiger partial charge on any atom is -0.492 e. The summed E-state index contributed by atoms with van der Waals surface area (Å²) in [5, 5.41) is 3.31. The molecule has 0 aliphatic heterocycles. The van der Waals surface area contributed by atoms with E-state index in [0.717, 1.165) is 4.31 Å². The van der Waals surface area contributed by atoms with Crippen LogP contribution in [-0.2, 0) is 14.8 Å². The van der Waals surface area contributed by atoms with Gasteiger partial charge in [-0.2, -0.15) is 0 Å². The lowest BCUT2D eigenvalue weighted by Gasteiger charge is -2.15. The summed E-state index contributed by atoms with van der Waals surface area (Å²) in [6, 6.07) is 12.9. The Morgan fingerprint density at radius 2 is 1.64 bits per heavy atom. The molecule has 1 atom stereocenters. The highest BCUT2D eigenvalue weighted by Gasteiger charge is 2.17. The fraction of sp³-hybridized carbons (Fsp3) is 0.316. The number of carbonyl (C=O) groups excluding carboxylic acids is 1. The maximum atomic E-state index is 12.1. The van der Waals surface area contributed by atoms with Gasteiger partial charge < -0.3 is 14.8 Å². The molecule has 7 nitrogen and oxygen atoms in total. The molecule has 1 unspecified atom stereocenters. The topological polar surface area (TPSA) is 84.9 Å².